The number of esters is 1. The Morgan fingerprint density at radius 3 is 2.69 bits per heavy atom. The molecule has 1 aliphatic heterocycles. The second-order valence-electron chi connectivity index (χ2n) is 9.29. The highest BCUT2D eigenvalue weighted by atomic mass is 79.9. The van der Waals surface area contributed by atoms with Gasteiger partial charge >= 0.3 is 19.4 Å². The minimum absolute atomic E-state index is 0.0154. The van der Waals surface area contributed by atoms with Crippen molar-refractivity contribution in [2.75, 3.05) is 13.2 Å². The van der Waals surface area contributed by atoms with Crippen molar-refractivity contribution >= 4 is 35.7 Å². The van der Waals surface area contributed by atoms with Gasteiger partial charge in [0, 0.05) is 12.6 Å². The summed E-state index contributed by atoms with van der Waals surface area (Å²) in [4.78, 5) is 41.0. The van der Waals surface area contributed by atoms with E-state index in [-0.39, 0.29) is 30.9 Å². The summed E-state index contributed by atoms with van der Waals surface area (Å²) in [5, 5.41) is 13.5. The lowest BCUT2D eigenvalue weighted by Crippen LogP contribution is -2.50. The number of hydrogen-bond acceptors (Lipinski definition) is 9. The third-order valence-electron chi connectivity index (χ3n) is 6.60. The number of ether oxygens (including phenoxy) is 2. The van der Waals surface area contributed by atoms with Gasteiger partial charge < -0.3 is 19.1 Å². The number of para-hydroxylation sites is 1. The van der Waals surface area contributed by atoms with Crippen molar-refractivity contribution in [3.63, 3.8) is 0 Å². The number of nitrogens with zero attached hydrogens (tertiary/aromatic N) is 1. The Labute approximate surface area is 233 Å². The predicted octanol–water partition coefficient (Wildman–Crippen LogP) is 3.22. The molecule has 0 radical (unpaired) electrons. The van der Waals surface area contributed by atoms with Crippen LogP contribution in [0.25, 0.3) is 6.08 Å². The number of H-pyrrole nitrogens is 1. The molecule has 2 fully saturated rings. The van der Waals surface area contributed by atoms with Gasteiger partial charge in [0.05, 0.1) is 24.9 Å². The van der Waals surface area contributed by atoms with Crippen LogP contribution >= 0.6 is 23.7 Å². The van der Waals surface area contributed by atoms with Gasteiger partial charge in [-0.3, -0.25) is 23.7 Å². The smallest absolute Gasteiger partial charge is 0.459 e. The molecule has 3 N–H and O–H groups in total. The van der Waals surface area contributed by atoms with Gasteiger partial charge in [-0.05, 0) is 43.0 Å². The minimum atomic E-state index is -4.21. The molecule has 1 aromatic heterocycles. The van der Waals surface area contributed by atoms with Gasteiger partial charge in [-0.25, -0.2) is 9.36 Å². The first kappa shape index (κ1) is 29.4. The number of nitrogens with one attached hydrogen (secondary N) is 2. The molecule has 212 valence electrons. The fourth-order valence-electron chi connectivity index (χ4n) is 4.68. The van der Waals surface area contributed by atoms with E-state index in [1.165, 1.54) is 21.8 Å². The van der Waals surface area contributed by atoms with E-state index >= 15 is 0 Å². The summed E-state index contributed by atoms with van der Waals surface area (Å²) in [6.45, 7) is 1.48. The van der Waals surface area contributed by atoms with Crippen LogP contribution < -0.4 is 20.9 Å². The third-order valence-corrected chi connectivity index (χ3v) is 8.51. The van der Waals surface area contributed by atoms with Crippen LogP contribution in [0.15, 0.2) is 51.1 Å². The van der Waals surface area contributed by atoms with Crippen molar-refractivity contribution in [3.8, 4) is 5.75 Å². The van der Waals surface area contributed by atoms with E-state index in [4.69, 9.17) is 18.5 Å². The highest BCUT2D eigenvalue weighted by Gasteiger charge is 2.49. The zero-order chi connectivity index (χ0) is 28.0. The van der Waals surface area contributed by atoms with Crippen molar-refractivity contribution in [1.29, 1.82) is 0 Å². The Morgan fingerprint density at radius 1 is 1.31 bits per heavy atom. The molecule has 1 saturated heterocycles. The zero-order valence-corrected chi connectivity index (χ0v) is 23.8. The molecular formula is C25H31BrN3O9P. The van der Waals surface area contributed by atoms with Crippen LogP contribution in [0.1, 0.15) is 50.8 Å². The Morgan fingerprint density at radius 2 is 2.03 bits per heavy atom. The van der Waals surface area contributed by atoms with E-state index < -0.39 is 48.9 Å². The van der Waals surface area contributed by atoms with Crippen LogP contribution in [0.2, 0.25) is 0 Å². The molecule has 2 heterocycles. The quantitative estimate of drug-likeness (QED) is 0.249. The monoisotopic (exact) mass is 627 g/mol. The average molecular weight is 628 g/mol. The summed E-state index contributed by atoms with van der Waals surface area (Å²) >= 11 is 3.10. The highest BCUT2D eigenvalue weighted by Crippen LogP contribution is 2.50. The van der Waals surface area contributed by atoms with E-state index in [1.807, 2.05) is 0 Å². The second-order valence-corrected chi connectivity index (χ2v) is 11.5. The number of aliphatic hydroxyl groups is 1. The summed E-state index contributed by atoms with van der Waals surface area (Å²) < 4.78 is 37.9. The molecule has 0 bridgehead atoms. The molecule has 12 nitrogen and oxygen atoms in total. The molecule has 1 aromatic carbocycles. The van der Waals surface area contributed by atoms with Crippen molar-refractivity contribution in [2.45, 2.75) is 63.0 Å². The Balaban J connectivity index is 1.54. The number of carbonyl (C=O) groups is 1. The molecule has 14 heteroatoms. The largest absolute Gasteiger partial charge is 0.465 e. The summed E-state index contributed by atoms with van der Waals surface area (Å²) in [5.74, 6) is -0.283. The Kier molecular flexibility index (Phi) is 9.63. The second kappa shape index (κ2) is 12.8. The molecule has 4 rings (SSSR count). The molecule has 39 heavy (non-hydrogen) atoms. The maximum Gasteiger partial charge on any atom is 0.459 e. The van der Waals surface area contributed by atoms with Crippen molar-refractivity contribution in [1.82, 2.24) is 14.6 Å². The first-order valence-electron chi connectivity index (χ1n) is 12.6. The molecule has 2 unspecified atom stereocenters. The van der Waals surface area contributed by atoms with Crippen LogP contribution in [-0.2, 0) is 23.4 Å². The minimum Gasteiger partial charge on any atom is -0.465 e. The molecule has 2 aromatic rings. The van der Waals surface area contributed by atoms with E-state index in [0.717, 1.165) is 12.8 Å². The van der Waals surface area contributed by atoms with Crippen LogP contribution in [0, 0.1) is 0 Å². The van der Waals surface area contributed by atoms with Gasteiger partial charge in [-0.15, -0.1) is 0 Å². The summed E-state index contributed by atoms with van der Waals surface area (Å²) in [6.07, 6.45) is 2.06. The fourth-order valence-corrected chi connectivity index (χ4v) is 6.71. The molecule has 0 amide bonds. The summed E-state index contributed by atoms with van der Waals surface area (Å²) in [5.41, 5.74) is -2.32. The summed E-state index contributed by atoms with van der Waals surface area (Å²) in [7, 11) is -4.21. The molecule has 1 saturated carbocycles. The summed E-state index contributed by atoms with van der Waals surface area (Å²) in [6, 6.07) is 8.37. The SMILES string of the molecule is CCOC(=O)C1(NP(=O)(OCC2O[C@@H](n3cc(/C=C/Br)c(=O)[nH]c3=O)C[C@H]2O)Oc2ccccc2)CCCC1. The number of rotatable bonds is 11. The molecule has 1 aliphatic carbocycles. The van der Waals surface area contributed by atoms with E-state index in [2.05, 4.69) is 26.0 Å². The number of hydrogen-bond donors (Lipinski definition) is 3. The van der Waals surface area contributed by atoms with E-state index in [9.17, 15) is 24.1 Å². The maximum absolute atomic E-state index is 14.1. The standard InChI is InChI=1S/C25H31BrN3O9P/c1-2-35-23(32)25(11-6-7-12-25)28-39(34,38-18-8-4-3-5-9-18)36-16-20-19(30)14-21(37-20)29-15-17(10-13-26)22(31)27-24(29)33/h3-5,8-10,13,15,19-21,30H,2,6-7,11-12,14,16H2,1H3,(H,28,34)(H,27,31,33)/b13-10+/t19-,20?,21-,39?/m1/s1. The van der Waals surface area contributed by atoms with Crippen molar-refractivity contribution < 1.29 is 33.0 Å². The molecule has 4 atom stereocenters. The Bertz CT molecular complexity index is 1340. The van der Waals surface area contributed by atoms with Gasteiger partial charge in [-0.1, -0.05) is 47.0 Å². The first-order valence-corrected chi connectivity index (χ1v) is 15.1. The van der Waals surface area contributed by atoms with Gasteiger partial charge in [0.25, 0.3) is 5.56 Å². The van der Waals surface area contributed by atoms with Crippen LogP contribution in [0.4, 0.5) is 0 Å². The lowest BCUT2D eigenvalue weighted by Gasteiger charge is -2.32. The highest BCUT2D eigenvalue weighted by molar-refractivity contribution is 9.11. The lowest BCUT2D eigenvalue weighted by atomic mass is 10.00. The number of aliphatic hydroxyl groups excluding tert-OH is 1. The number of aromatic nitrogens is 2. The third kappa shape index (κ3) is 6.97. The van der Waals surface area contributed by atoms with Gasteiger partial charge in [0.1, 0.15) is 23.6 Å². The van der Waals surface area contributed by atoms with Crippen LogP contribution in [0.5, 0.6) is 5.75 Å². The van der Waals surface area contributed by atoms with Crippen molar-refractivity contribution in [2.24, 2.45) is 0 Å². The predicted molar refractivity (Wildman–Crippen MR) is 145 cm³/mol. The Hall–Kier alpha value is -2.54. The van der Waals surface area contributed by atoms with E-state index in [0.29, 0.717) is 12.8 Å². The van der Waals surface area contributed by atoms with Crippen LogP contribution in [-0.4, -0.2) is 51.6 Å². The van der Waals surface area contributed by atoms with Gasteiger partial charge in [0.2, 0.25) is 0 Å². The molecular weight excluding hydrogens is 597 g/mol. The van der Waals surface area contributed by atoms with Crippen LogP contribution in [0.3, 0.4) is 0 Å². The lowest BCUT2D eigenvalue weighted by molar-refractivity contribution is -0.150. The fraction of sp³-hybridized carbons (Fsp3) is 0.480. The molecule has 2 aliphatic rings. The van der Waals surface area contributed by atoms with E-state index in [1.54, 1.807) is 37.3 Å². The van der Waals surface area contributed by atoms with Gasteiger partial charge in [-0.2, -0.15) is 5.09 Å². The average Bonchev–Trinajstić information content (AvgIpc) is 3.52. The topological polar surface area (TPSA) is 158 Å². The number of carbonyl (C=O) groups excluding carboxylic acids is 1. The van der Waals surface area contributed by atoms with Gasteiger partial charge in [0.15, 0.2) is 0 Å². The molecule has 0 spiro atoms. The maximum atomic E-state index is 14.1. The zero-order valence-electron chi connectivity index (χ0n) is 21.3. The number of halogens is 1. The normalized spacial score (nSPS) is 24.0. The number of benzene rings is 1. The first-order chi connectivity index (χ1) is 18.7. The van der Waals surface area contributed by atoms with Crippen molar-refractivity contribution in [3.05, 3.63) is 67.9 Å². The number of aromatic amines is 1.